The molecule has 1 aliphatic heterocycles. The smallest absolute Gasteiger partial charge is 0.244 e. The van der Waals surface area contributed by atoms with Gasteiger partial charge < -0.3 is 9.64 Å². The van der Waals surface area contributed by atoms with Crippen molar-refractivity contribution in [2.24, 2.45) is 0 Å². The van der Waals surface area contributed by atoms with Crippen LogP contribution in [0.1, 0.15) is 0 Å². The third-order valence-corrected chi connectivity index (χ3v) is 4.18. The molecule has 0 bridgehead atoms. The molecule has 0 radical (unpaired) electrons. The number of benzene rings is 1. The largest absolute Gasteiger partial charge is 0.497 e. The van der Waals surface area contributed by atoms with Crippen LogP contribution in [-0.2, 0) is 10.0 Å². The number of methoxy groups -OCH3 is 1. The van der Waals surface area contributed by atoms with Crippen molar-refractivity contribution < 1.29 is 13.2 Å². The van der Waals surface area contributed by atoms with Gasteiger partial charge in [-0.25, -0.2) is 8.42 Å². The Morgan fingerprint density at radius 3 is 2.94 bits per heavy atom. The number of sulfonamides is 1. The summed E-state index contributed by atoms with van der Waals surface area (Å²) < 4.78 is 31.2. The fourth-order valence-corrected chi connectivity index (χ4v) is 3.15. The molecular weight excluding hydrogens is 264 g/mol. The molecule has 1 aliphatic rings. The molecule has 1 N–H and O–H groups in total. The Morgan fingerprint density at radius 1 is 1.53 bits per heavy atom. The summed E-state index contributed by atoms with van der Waals surface area (Å²) in [5.74, 6) is 0.953. The van der Waals surface area contributed by atoms with Crippen molar-refractivity contribution in [3.05, 3.63) is 18.2 Å². The van der Waals surface area contributed by atoms with E-state index in [0.29, 0.717) is 23.9 Å². The predicted molar refractivity (Wildman–Crippen MR) is 66.2 cm³/mol. The highest BCUT2D eigenvalue weighted by Crippen LogP contribution is 2.31. The molecule has 94 valence electrons. The van der Waals surface area contributed by atoms with Gasteiger partial charge in [-0.05, 0) is 12.1 Å². The van der Waals surface area contributed by atoms with Gasteiger partial charge in [0.2, 0.25) is 10.0 Å². The summed E-state index contributed by atoms with van der Waals surface area (Å²) in [5.41, 5.74) is 0.658. The number of hydrogen-bond donors (Lipinski definition) is 1. The molecule has 1 heterocycles. The summed E-state index contributed by atoms with van der Waals surface area (Å²) in [5, 5.41) is 0. The third kappa shape index (κ3) is 2.34. The van der Waals surface area contributed by atoms with E-state index in [4.69, 9.17) is 16.3 Å². The van der Waals surface area contributed by atoms with Gasteiger partial charge in [-0.15, -0.1) is 11.6 Å². The molecule has 5 nitrogen and oxygen atoms in total. The molecule has 0 aromatic heterocycles. The van der Waals surface area contributed by atoms with Crippen molar-refractivity contribution in [3.63, 3.8) is 0 Å². The number of ether oxygens (including phenoxy) is 1. The number of alkyl halides is 1. The van der Waals surface area contributed by atoms with Gasteiger partial charge >= 0.3 is 0 Å². The van der Waals surface area contributed by atoms with E-state index < -0.39 is 10.0 Å². The van der Waals surface area contributed by atoms with Crippen LogP contribution in [0.3, 0.4) is 0 Å². The van der Waals surface area contributed by atoms with Crippen molar-refractivity contribution in [1.82, 2.24) is 4.72 Å². The summed E-state index contributed by atoms with van der Waals surface area (Å²) in [7, 11) is -1.94. The minimum Gasteiger partial charge on any atom is -0.497 e. The van der Waals surface area contributed by atoms with Gasteiger partial charge in [0.25, 0.3) is 0 Å². The molecule has 1 aromatic carbocycles. The van der Waals surface area contributed by atoms with E-state index >= 15 is 0 Å². The number of fused-ring (bicyclic) bond motifs is 1. The number of nitrogens with one attached hydrogen (secondary N) is 1. The quantitative estimate of drug-likeness (QED) is 0.837. The average Bonchev–Trinajstić information content (AvgIpc) is 2.33. The zero-order chi connectivity index (χ0) is 12.5. The van der Waals surface area contributed by atoms with Gasteiger partial charge in [0.15, 0.2) is 0 Å². The van der Waals surface area contributed by atoms with E-state index in [-0.39, 0.29) is 11.6 Å². The lowest BCUT2D eigenvalue weighted by molar-refractivity contribution is 0.413. The van der Waals surface area contributed by atoms with Gasteiger partial charge in [-0.1, -0.05) is 0 Å². The van der Waals surface area contributed by atoms with Crippen molar-refractivity contribution in [2.75, 3.05) is 31.1 Å². The van der Waals surface area contributed by atoms with Crippen LogP contribution in [-0.4, -0.2) is 34.6 Å². The molecule has 0 fully saturated rings. The van der Waals surface area contributed by atoms with Crippen LogP contribution in [0, 0.1) is 0 Å². The number of rotatable bonds is 3. The first-order chi connectivity index (χ1) is 8.08. The van der Waals surface area contributed by atoms with Crippen LogP contribution in [0.5, 0.6) is 5.75 Å². The van der Waals surface area contributed by atoms with Crippen molar-refractivity contribution in [1.29, 1.82) is 0 Å². The Labute approximate surface area is 105 Å². The summed E-state index contributed by atoms with van der Waals surface area (Å²) in [6.07, 6.45) is 0. The molecule has 2 rings (SSSR count). The maximum absolute atomic E-state index is 11.9. The van der Waals surface area contributed by atoms with E-state index in [1.807, 2.05) is 4.90 Å². The summed E-state index contributed by atoms with van der Waals surface area (Å²) in [4.78, 5) is 2.11. The van der Waals surface area contributed by atoms with Crippen LogP contribution in [0.25, 0.3) is 0 Å². The molecule has 0 unspecified atom stereocenters. The first-order valence-corrected chi connectivity index (χ1v) is 7.09. The van der Waals surface area contributed by atoms with Crippen molar-refractivity contribution in [3.8, 4) is 5.75 Å². The molecule has 0 atom stereocenters. The number of nitrogens with zero attached hydrogens (tertiary/aromatic N) is 1. The highest BCUT2D eigenvalue weighted by atomic mass is 35.5. The minimum atomic E-state index is -3.44. The van der Waals surface area contributed by atoms with E-state index in [1.54, 1.807) is 12.1 Å². The topological polar surface area (TPSA) is 58.6 Å². The molecule has 0 saturated carbocycles. The van der Waals surface area contributed by atoms with Crippen LogP contribution < -0.4 is 14.4 Å². The second-order valence-corrected chi connectivity index (χ2v) is 5.71. The maximum Gasteiger partial charge on any atom is 0.244 e. The lowest BCUT2D eigenvalue weighted by Gasteiger charge is -2.30. The molecule has 7 heteroatoms. The highest BCUT2D eigenvalue weighted by Gasteiger charge is 2.27. The SMILES string of the molecule is COc1ccc2c(c1)S(=O)(=O)NCN2CCCl. The van der Waals surface area contributed by atoms with E-state index in [9.17, 15) is 8.42 Å². The number of anilines is 1. The van der Waals surface area contributed by atoms with Crippen LogP contribution in [0.15, 0.2) is 23.1 Å². The Bertz CT molecular complexity index is 518. The maximum atomic E-state index is 11.9. The van der Waals surface area contributed by atoms with Crippen LogP contribution in [0.2, 0.25) is 0 Å². The van der Waals surface area contributed by atoms with Gasteiger partial charge in [0.05, 0.1) is 19.5 Å². The monoisotopic (exact) mass is 276 g/mol. The molecule has 0 amide bonds. The first-order valence-electron chi connectivity index (χ1n) is 5.07. The normalized spacial score (nSPS) is 17.6. The third-order valence-electron chi connectivity index (χ3n) is 2.60. The molecule has 17 heavy (non-hydrogen) atoms. The van der Waals surface area contributed by atoms with Crippen LogP contribution in [0.4, 0.5) is 5.69 Å². The highest BCUT2D eigenvalue weighted by molar-refractivity contribution is 7.89. The molecule has 0 saturated heterocycles. The summed E-state index contributed by atoms with van der Waals surface area (Å²) in [6, 6.07) is 4.98. The standard InChI is InChI=1S/C10H13ClN2O3S/c1-16-8-2-3-9-10(6-8)17(14,15)12-7-13(9)5-4-11/h2-3,6,12H,4-5,7H2,1H3. The summed E-state index contributed by atoms with van der Waals surface area (Å²) >= 11 is 5.69. The van der Waals surface area contributed by atoms with Gasteiger partial charge in [-0.2, -0.15) is 4.72 Å². The van der Waals surface area contributed by atoms with Gasteiger partial charge in [0, 0.05) is 18.5 Å². The van der Waals surface area contributed by atoms with Crippen LogP contribution >= 0.6 is 11.6 Å². The van der Waals surface area contributed by atoms with Gasteiger partial charge in [0.1, 0.15) is 10.6 Å². The Balaban J connectivity index is 2.51. The Morgan fingerprint density at radius 2 is 2.29 bits per heavy atom. The Kier molecular flexibility index (Phi) is 3.46. The van der Waals surface area contributed by atoms with Crippen molar-refractivity contribution >= 4 is 27.3 Å². The first kappa shape index (κ1) is 12.5. The fraction of sp³-hybridized carbons (Fsp3) is 0.400. The minimum absolute atomic E-state index is 0.230. The molecule has 1 aromatic rings. The Hall–Kier alpha value is -0.980. The second-order valence-electron chi connectivity index (χ2n) is 3.59. The number of halogens is 1. The molecule has 0 aliphatic carbocycles. The van der Waals surface area contributed by atoms with Crippen molar-refractivity contribution in [2.45, 2.75) is 4.90 Å². The average molecular weight is 277 g/mol. The van der Waals surface area contributed by atoms with E-state index in [2.05, 4.69) is 4.72 Å². The van der Waals surface area contributed by atoms with Gasteiger partial charge in [-0.3, -0.25) is 0 Å². The van der Waals surface area contributed by atoms with E-state index in [0.717, 1.165) is 0 Å². The zero-order valence-corrected chi connectivity index (χ0v) is 10.9. The molecule has 0 spiro atoms. The summed E-state index contributed by atoms with van der Waals surface area (Å²) in [6.45, 7) is 0.831. The fourth-order valence-electron chi connectivity index (χ4n) is 1.73. The lowest BCUT2D eigenvalue weighted by atomic mass is 10.2. The zero-order valence-electron chi connectivity index (χ0n) is 9.31. The molecular formula is C10H13ClN2O3S. The second kappa shape index (κ2) is 4.72. The lowest BCUT2D eigenvalue weighted by Crippen LogP contribution is -2.43. The van der Waals surface area contributed by atoms with E-state index in [1.165, 1.54) is 13.2 Å². The number of hydrogen-bond acceptors (Lipinski definition) is 4. The predicted octanol–water partition coefficient (Wildman–Crippen LogP) is 0.990.